The molecule has 0 saturated carbocycles. The molecule has 1 heterocycles. The molecule has 5 nitrogen and oxygen atoms in total. The summed E-state index contributed by atoms with van der Waals surface area (Å²) in [4.78, 5) is 15.1. The van der Waals surface area contributed by atoms with Crippen LogP contribution in [0.1, 0.15) is 15.9 Å². The molecule has 0 fully saturated rings. The van der Waals surface area contributed by atoms with Gasteiger partial charge in [-0.25, -0.2) is 0 Å². The minimum atomic E-state index is -0.185. The summed E-state index contributed by atoms with van der Waals surface area (Å²) in [5.74, 6) is 0.919. The molecule has 0 atom stereocenters. The van der Waals surface area contributed by atoms with E-state index in [0.717, 1.165) is 5.56 Å². The van der Waals surface area contributed by atoms with Crippen LogP contribution in [0.4, 0.5) is 0 Å². The van der Waals surface area contributed by atoms with Crippen LogP contribution in [0.2, 0.25) is 0 Å². The molecular weight excluding hydrogens is 324 g/mol. The molecule has 1 amide bonds. The molecule has 20 heavy (non-hydrogen) atoms. The summed E-state index contributed by atoms with van der Waals surface area (Å²) in [6, 6.07) is 5.24. The van der Waals surface area contributed by atoms with E-state index in [1.54, 1.807) is 26.4 Å². The quantitative estimate of drug-likeness (QED) is 0.880. The molecule has 1 aromatic carbocycles. The van der Waals surface area contributed by atoms with Crippen molar-refractivity contribution in [3.63, 3.8) is 0 Å². The van der Waals surface area contributed by atoms with Crippen LogP contribution in [0, 0.1) is 0 Å². The Morgan fingerprint density at radius 3 is 2.45 bits per heavy atom. The number of amides is 1. The van der Waals surface area contributed by atoms with E-state index < -0.39 is 0 Å². The lowest BCUT2D eigenvalue weighted by molar-refractivity contribution is 0.0950. The molecule has 1 aromatic heterocycles. The average Bonchev–Trinajstić information content (AvgIpc) is 2.98. The minimum Gasteiger partial charge on any atom is -0.495 e. The zero-order chi connectivity index (χ0) is 14.5. The molecule has 6 heteroatoms. The van der Waals surface area contributed by atoms with Gasteiger partial charge in [0.05, 0.1) is 14.2 Å². The number of halogens is 1. The molecule has 106 valence electrons. The summed E-state index contributed by atoms with van der Waals surface area (Å²) in [5, 5.41) is 2.84. The van der Waals surface area contributed by atoms with E-state index in [9.17, 15) is 4.79 Å². The number of benzene rings is 1. The Kier molecular flexibility index (Phi) is 4.68. The fraction of sp³-hybridized carbons (Fsp3) is 0.214. The fourth-order valence-corrected chi connectivity index (χ4v) is 2.31. The maximum absolute atomic E-state index is 12.1. The summed E-state index contributed by atoms with van der Waals surface area (Å²) < 4.78 is 11.1. The predicted molar refractivity (Wildman–Crippen MR) is 79.2 cm³/mol. The summed E-state index contributed by atoms with van der Waals surface area (Å²) in [6.45, 7) is 0.461. The number of carbonyl (C=O) groups is 1. The molecular formula is C14H15BrN2O3. The molecule has 0 unspecified atom stereocenters. The first-order valence-corrected chi connectivity index (χ1v) is 6.76. The maximum Gasteiger partial charge on any atom is 0.251 e. The van der Waals surface area contributed by atoms with Crippen molar-refractivity contribution in [2.45, 2.75) is 6.54 Å². The molecule has 2 N–H and O–H groups in total. The highest BCUT2D eigenvalue weighted by Gasteiger charge is 2.14. The number of hydrogen-bond acceptors (Lipinski definition) is 3. The van der Waals surface area contributed by atoms with Gasteiger partial charge in [0.25, 0.3) is 5.91 Å². The third-order valence-electron chi connectivity index (χ3n) is 2.82. The maximum atomic E-state index is 12.1. The van der Waals surface area contributed by atoms with Crippen LogP contribution in [-0.4, -0.2) is 25.1 Å². The standard InChI is InChI=1S/C14H15BrN2O3/c1-19-11-5-10(6-12(20-2)13(11)15)14(18)17-8-9-3-4-16-7-9/h3-7,16H,8H2,1-2H3,(H,17,18). The van der Waals surface area contributed by atoms with Gasteiger partial charge in [-0.1, -0.05) is 0 Å². The van der Waals surface area contributed by atoms with E-state index in [4.69, 9.17) is 9.47 Å². The van der Waals surface area contributed by atoms with Crippen LogP contribution in [0.5, 0.6) is 11.5 Å². The highest BCUT2D eigenvalue weighted by Crippen LogP contribution is 2.35. The molecule has 2 rings (SSSR count). The third kappa shape index (κ3) is 3.14. The number of ether oxygens (including phenoxy) is 2. The zero-order valence-corrected chi connectivity index (χ0v) is 12.8. The Morgan fingerprint density at radius 1 is 1.30 bits per heavy atom. The lowest BCUT2D eigenvalue weighted by Gasteiger charge is -2.11. The number of carbonyl (C=O) groups excluding carboxylic acids is 1. The highest BCUT2D eigenvalue weighted by atomic mass is 79.9. The summed E-state index contributed by atoms with van der Waals surface area (Å²) >= 11 is 3.37. The van der Waals surface area contributed by atoms with Gasteiger partial charge in [-0.15, -0.1) is 0 Å². The van der Waals surface area contributed by atoms with Crippen molar-refractivity contribution in [2.75, 3.05) is 14.2 Å². The van der Waals surface area contributed by atoms with Crippen molar-refractivity contribution in [1.82, 2.24) is 10.3 Å². The van der Waals surface area contributed by atoms with Gasteiger partial charge in [-0.3, -0.25) is 4.79 Å². The number of hydrogen-bond donors (Lipinski definition) is 2. The van der Waals surface area contributed by atoms with Gasteiger partial charge in [0.15, 0.2) is 0 Å². The van der Waals surface area contributed by atoms with E-state index in [0.29, 0.717) is 28.1 Å². The topological polar surface area (TPSA) is 63.3 Å². The number of rotatable bonds is 5. The zero-order valence-electron chi connectivity index (χ0n) is 11.2. The van der Waals surface area contributed by atoms with Gasteiger partial charge in [-0.2, -0.15) is 0 Å². The Hall–Kier alpha value is -1.95. The summed E-state index contributed by atoms with van der Waals surface area (Å²) in [5.41, 5.74) is 1.49. The van der Waals surface area contributed by atoms with Crippen LogP contribution in [0.25, 0.3) is 0 Å². The number of nitrogens with one attached hydrogen (secondary N) is 2. The Balaban J connectivity index is 2.16. The van der Waals surface area contributed by atoms with E-state index >= 15 is 0 Å². The fourth-order valence-electron chi connectivity index (χ4n) is 1.75. The first-order valence-electron chi connectivity index (χ1n) is 5.97. The number of aromatic amines is 1. The van der Waals surface area contributed by atoms with E-state index in [1.807, 2.05) is 18.5 Å². The van der Waals surface area contributed by atoms with E-state index in [1.165, 1.54) is 0 Å². The molecule has 0 aliphatic rings. The van der Waals surface area contributed by atoms with Crippen molar-refractivity contribution in [3.05, 3.63) is 46.2 Å². The van der Waals surface area contributed by atoms with Crippen LogP contribution >= 0.6 is 15.9 Å². The van der Waals surface area contributed by atoms with E-state index in [-0.39, 0.29) is 5.91 Å². The smallest absolute Gasteiger partial charge is 0.251 e. The number of H-pyrrole nitrogens is 1. The molecule has 0 aliphatic heterocycles. The first kappa shape index (κ1) is 14.5. The van der Waals surface area contributed by atoms with Gasteiger partial charge in [-0.05, 0) is 39.7 Å². The van der Waals surface area contributed by atoms with Gasteiger partial charge in [0, 0.05) is 24.5 Å². The van der Waals surface area contributed by atoms with Crippen molar-refractivity contribution in [2.24, 2.45) is 0 Å². The molecule has 0 aliphatic carbocycles. The Labute approximate surface area is 125 Å². The van der Waals surface area contributed by atoms with Gasteiger partial charge < -0.3 is 19.8 Å². The average molecular weight is 339 g/mol. The summed E-state index contributed by atoms with van der Waals surface area (Å²) in [6.07, 6.45) is 3.65. The molecule has 2 aromatic rings. The lowest BCUT2D eigenvalue weighted by Crippen LogP contribution is -2.22. The van der Waals surface area contributed by atoms with Gasteiger partial charge >= 0.3 is 0 Å². The molecule has 0 saturated heterocycles. The van der Waals surface area contributed by atoms with Crippen molar-refractivity contribution < 1.29 is 14.3 Å². The van der Waals surface area contributed by atoms with Crippen LogP contribution in [0.15, 0.2) is 35.1 Å². The van der Waals surface area contributed by atoms with Crippen molar-refractivity contribution >= 4 is 21.8 Å². The predicted octanol–water partition coefficient (Wildman–Crippen LogP) is 2.72. The number of aromatic nitrogens is 1. The normalized spacial score (nSPS) is 10.2. The largest absolute Gasteiger partial charge is 0.495 e. The third-order valence-corrected chi connectivity index (χ3v) is 3.60. The minimum absolute atomic E-state index is 0.185. The lowest BCUT2D eigenvalue weighted by atomic mass is 10.2. The van der Waals surface area contributed by atoms with Crippen LogP contribution in [0.3, 0.4) is 0 Å². The Morgan fingerprint density at radius 2 is 1.95 bits per heavy atom. The Bertz CT molecular complexity index is 571. The second kappa shape index (κ2) is 6.47. The monoisotopic (exact) mass is 338 g/mol. The van der Waals surface area contributed by atoms with Crippen molar-refractivity contribution in [3.8, 4) is 11.5 Å². The number of methoxy groups -OCH3 is 2. The first-order chi connectivity index (χ1) is 9.65. The molecule has 0 radical (unpaired) electrons. The SMILES string of the molecule is COc1cc(C(=O)NCc2cc[nH]c2)cc(OC)c1Br. The van der Waals surface area contributed by atoms with E-state index in [2.05, 4.69) is 26.2 Å². The second-order valence-electron chi connectivity index (χ2n) is 4.10. The molecule has 0 spiro atoms. The van der Waals surface area contributed by atoms with Gasteiger partial charge in [0.1, 0.15) is 16.0 Å². The van der Waals surface area contributed by atoms with Crippen LogP contribution < -0.4 is 14.8 Å². The van der Waals surface area contributed by atoms with Crippen LogP contribution in [-0.2, 0) is 6.54 Å². The highest BCUT2D eigenvalue weighted by molar-refractivity contribution is 9.10. The van der Waals surface area contributed by atoms with Gasteiger partial charge in [0.2, 0.25) is 0 Å². The van der Waals surface area contributed by atoms with Crippen molar-refractivity contribution in [1.29, 1.82) is 0 Å². The summed E-state index contributed by atoms with van der Waals surface area (Å²) in [7, 11) is 3.09. The second-order valence-corrected chi connectivity index (χ2v) is 4.89. The molecule has 0 bridgehead atoms.